The molecule has 1 aromatic heterocycles. The van der Waals surface area contributed by atoms with E-state index in [1.54, 1.807) is 6.07 Å². The van der Waals surface area contributed by atoms with Crippen LogP contribution in [0.3, 0.4) is 0 Å². The van der Waals surface area contributed by atoms with Crippen molar-refractivity contribution in [3.05, 3.63) is 101 Å². The maximum absolute atomic E-state index is 15.9. The molecule has 3 aromatic carbocycles. The highest BCUT2D eigenvalue weighted by molar-refractivity contribution is 6.01. The monoisotopic (exact) mass is 512 g/mol. The van der Waals surface area contributed by atoms with Gasteiger partial charge in [-0.05, 0) is 64.6 Å². The van der Waals surface area contributed by atoms with E-state index in [0.717, 1.165) is 52.5 Å². The Morgan fingerprint density at radius 3 is 2.66 bits per heavy atom. The summed E-state index contributed by atoms with van der Waals surface area (Å²) in [5.74, 6) is -0.581. The van der Waals surface area contributed by atoms with E-state index >= 15 is 4.39 Å². The highest BCUT2D eigenvalue weighted by atomic mass is 19.1. The molecule has 4 aromatic rings. The van der Waals surface area contributed by atoms with E-state index in [2.05, 4.69) is 17.1 Å². The Morgan fingerprint density at radius 2 is 1.92 bits per heavy atom. The smallest absolute Gasteiger partial charge is 0.328 e. The van der Waals surface area contributed by atoms with Crippen molar-refractivity contribution in [2.75, 3.05) is 13.2 Å². The van der Waals surface area contributed by atoms with Gasteiger partial charge in [0.15, 0.2) is 0 Å². The van der Waals surface area contributed by atoms with Gasteiger partial charge in [-0.15, -0.1) is 0 Å². The van der Waals surface area contributed by atoms with Gasteiger partial charge < -0.3 is 14.6 Å². The molecule has 0 radical (unpaired) electrons. The maximum atomic E-state index is 15.9. The molecule has 38 heavy (non-hydrogen) atoms. The number of halogens is 1. The number of fused-ring (bicyclic) bond motifs is 1. The number of carboxylic acid groups (broad SMARTS) is 1. The van der Waals surface area contributed by atoms with Crippen LogP contribution in [-0.2, 0) is 9.53 Å². The van der Waals surface area contributed by atoms with Crippen LogP contribution in [-0.4, -0.2) is 40.6 Å². The number of ether oxygens (including phenoxy) is 2. The van der Waals surface area contributed by atoms with E-state index in [4.69, 9.17) is 14.6 Å². The van der Waals surface area contributed by atoms with Crippen LogP contribution in [0.2, 0.25) is 0 Å². The molecule has 0 unspecified atom stereocenters. The molecule has 0 atom stereocenters. The summed E-state index contributed by atoms with van der Waals surface area (Å²) < 4.78 is 27.6. The zero-order valence-corrected chi connectivity index (χ0v) is 21.1. The summed E-state index contributed by atoms with van der Waals surface area (Å²) in [5, 5.41) is 16.2. The Morgan fingerprint density at radius 1 is 1.13 bits per heavy atom. The van der Waals surface area contributed by atoms with Crippen molar-refractivity contribution in [2.45, 2.75) is 32.3 Å². The van der Waals surface area contributed by atoms with E-state index in [-0.39, 0.29) is 11.9 Å². The van der Waals surface area contributed by atoms with Crippen molar-refractivity contribution in [1.29, 1.82) is 0 Å². The van der Waals surface area contributed by atoms with Crippen LogP contribution in [0.4, 0.5) is 4.39 Å². The molecular formula is C31H29FN2O4. The number of carboxylic acids is 1. The summed E-state index contributed by atoms with van der Waals surface area (Å²) in [6.45, 7) is 3.45. The predicted molar refractivity (Wildman–Crippen MR) is 146 cm³/mol. The fourth-order valence-corrected chi connectivity index (χ4v) is 4.87. The van der Waals surface area contributed by atoms with E-state index in [0.29, 0.717) is 36.1 Å². The molecule has 1 aliphatic heterocycles. The Labute approximate surface area is 220 Å². The van der Waals surface area contributed by atoms with Gasteiger partial charge in [0.1, 0.15) is 17.7 Å². The normalized spacial score (nSPS) is 15.1. The van der Waals surface area contributed by atoms with Gasteiger partial charge in [-0.25, -0.2) is 9.18 Å². The molecule has 7 heteroatoms. The third-order valence-corrected chi connectivity index (χ3v) is 6.75. The number of rotatable bonds is 8. The average molecular weight is 513 g/mol. The largest absolute Gasteiger partial charge is 0.490 e. The van der Waals surface area contributed by atoms with Gasteiger partial charge in [-0.2, -0.15) is 5.10 Å². The van der Waals surface area contributed by atoms with Crippen LogP contribution < -0.4 is 4.74 Å². The molecule has 0 spiro atoms. The van der Waals surface area contributed by atoms with Crippen molar-refractivity contribution in [1.82, 2.24) is 10.2 Å². The third-order valence-electron chi connectivity index (χ3n) is 6.75. The molecular weight excluding hydrogens is 483 g/mol. The van der Waals surface area contributed by atoms with Crippen molar-refractivity contribution in [3.8, 4) is 5.75 Å². The molecule has 1 saturated heterocycles. The second kappa shape index (κ2) is 11.4. The van der Waals surface area contributed by atoms with Crippen LogP contribution in [0, 0.1) is 5.82 Å². The lowest BCUT2D eigenvalue weighted by Gasteiger charge is -2.24. The van der Waals surface area contributed by atoms with Crippen LogP contribution in [0.5, 0.6) is 5.75 Å². The number of aliphatic carboxylic acids is 1. The molecule has 2 heterocycles. The van der Waals surface area contributed by atoms with Gasteiger partial charge in [0.25, 0.3) is 0 Å². The first-order chi connectivity index (χ1) is 18.5. The van der Waals surface area contributed by atoms with Crippen molar-refractivity contribution >= 4 is 34.1 Å². The Kier molecular flexibility index (Phi) is 7.65. The zero-order chi connectivity index (χ0) is 26.5. The lowest BCUT2D eigenvalue weighted by molar-refractivity contribution is -0.131. The van der Waals surface area contributed by atoms with Crippen molar-refractivity contribution in [3.63, 3.8) is 0 Å². The summed E-state index contributed by atoms with van der Waals surface area (Å²) in [6, 6.07) is 19.0. The summed E-state index contributed by atoms with van der Waals surface area (Å²) in [7, 11) is 0. The molecule has 5 rings (SSSR count). The Bertz CT molecular complexity index is 1500. The van der Waals surface area contributed by atoms with Crippen molar-refractivity contribution < 1.29 is 23.8 Å². The predicted octanol–water partition coefficient (Wildman–Crippen LogP) is 6.73. The van der Waals surface area contributed by atoms with Gasteiger partial charge in [0.05, 0.1) is 30.3 Å². The number of nitrogens with zero attached hydrogens (tertiary/aromatic N) is 1. The van der Waals surface area contributed by atoms with Crippen molar-refractivity contribution in [2.24, 2.45) is 0 Å². The number of carbonyl (C=O) groups is 1. The van der Waals surface area contributed by atoms with E-state index in [1.165, 1.54) is 12.3 Å². The number of allylic oxidation sites excluding steroid dienone is 1. The summed E-state index contributed by atoms with van der Waals surface area (Å²) in [6.07, 6.45) is 6.60. The number of hydrogen-bond donors (Lipinski definition) is 2. The fraction of sp³-hybridized carbons (Fsp3) is 0.226. The number of aromatic amines is 1. The minimum atomic E-state index is -1.01. The van der Waals surface area contributed by atoms with Gasteiger partial charge >= 0.3 is 5.97 Å². The van der Waals surface area contributed by atoms with Crippen LogP contribution >= 0.6 is 0 Å². The first kappa shape index (κ1) is 25.4. The van der Waals surface area contributed by atoms with E-state index in [1.807, 2.05) is 54.6 Å². The zero-order valence-electron chi connectivity index (χ0n) is 21.1. The van der Waals surface area contributed by atoms with Gasteiger partial charge in [-0.3, -0.25) is 5.10 Å². The van der Waals surface area contributed by atoms with Crippen LogP contribution in [0.25, 0.3) is 28.1 Å². The number of benzene rings is 3. The molecule has 0 bridgehead atoms. The molecule has 0 saturated carbocycles. The molecule has 2 N–H and O–H groups in total. The molecule has 1 fully saturated rings. The lowest BCUT2D eigenvalue weighted by Crippen LogP contribution is -2.25. The van der Waals surface area contributed by atoms with Gasteiger partial charge in [0.2, 0.25) is 0 Å². The summed E-state index contributed by atoms with van der Waals surface area (Å²) in [5.41, 5.74) is 5.36. The molecule has 0 amide bonds. The minimum Gasteiger partial charge on any atom is -0.490 e. The Balaban J connectivity index is 1.63. The number of aromatic nitrogens is 2. The maximum Gasteiger partial charge on any atom is 0.328 e. The highest BCUT2D eigenvalue weighted by Gasteiger charge is 2.20. The summed E-state index contributed by atoms with van der Waals surface area (Å²) in [4.78, 5) is 10.9. The van der Waals surface area contributed by atoms with E-state index in [9.17, 15) is 4.79 Å². The van der Waals surface area contributed by atoms with Crippen LogP contribution in [0.1, 0.15) is 48.4 Å². The van der Waals surface area contributed by atoms with E-state index < -0.39 is 5.97 Å². The molecule has 1 aliphatic rings. The lowest BCUT2D eigenvalue weighted by atomic mass is 9.87. The van der Waals surface area contributed by atoms with Gasteiger partial charge in [0, 0.05) is 24.5 Å². The number of H-pyrrole nitrogens is 1. The minimum absolute atomic E-state index is 0.111. The SMILES string of the molecule is CCC(=C(c1ccc(C=CC(=O)O)cc1)c1ccc2[nH]ncc2c1F)c1cccc(OC2CCOCC2)c1. The standard InChI is InChI=1S/C31H29FN2O4/c1-2-25(22-4-3-5-24(18-22)38-23-14-16-37-17-15-23)30(21-9-6-20(7-10-21)8-13-29(35)36)26-11-12-28-27(31(26)32)19-33-34-28/h3-13,18-19,23H,2,14-17H2,1H3,(H,33,34)(H,35,36). The molecule has 6 nitrogen and oxygen atoms in total. The topological polar surface area (TPSA) is 84.4 Å². The molecule has 0 aliphatic carbocycles. The second-order valence-electron chi connectivity index (χ2n) is 9.22. The fourth-order valence-electron chi connectivity index (χ4n) is 4.87. The first-order valence-corrected chi connectivity index (χ1v) is 12.7. The Hall–Kier alpha value is -4.23. The second-order valence-corrected chi connectivity index (χ2v) is 9.22. The van der Waals surface area contributed by atoms with Gasteiger partial charge in [-0.1, -0.05) is 43.3 Å². The average Bonchev–Trinajstić information content (AvgIpc) is 3.42. The first-order valence-electron chi connectivity index (χ1n) is 12.7. The highest BCUT2D eigenvalue weighted by Crippen LogP contribution is 2.38. The number of hydrogen-bond acceptors (Lipinski definition) is 4. The quantitative estimate of drug-likeness (QED) is 0.202. The third kappa shape index (κ3) is 5.53. The number of nitrogens with one attached hydrogen (secondary N) is 1. The van der Waals surface area contributed by atoms with Crippen LogP contribution in [0.15, 0.2) is 72.9 Å². The summed E-state index contributed by atoms with van der Waals surface area (Å²) >= 11 is 0. The molecule has 194 valence electrons.